The van der Waals surface area contributed by atoms with Crippen LogP contribution in [0.4, 0.5) is 26.3 Å². The molecular formula is C50H50CaF6N2O6. The van der Waals surface area contributed by atoms with Crippen LogP contribution in [-0.4, -0.2) is 59.6 Å². The summed E-state index contributed by atoms with van der Waals surface area (Å²) in [6, 6.07) is 19.9. The zero-order valence-corrected chi connectivity index (χ0v) is 38.6. The first-order valence-electron chi connectivity index (χ1n) is 21.7. The van der Waals surface area contributed by atoms with Crippen molar-refractivity contribution in [3.8, 4) is 11.5 Å². The standard InChI is InChI=1S/2C25H26F3NO3.Ca/c2*1-15-20-13-18(7-9-23(20)29-22(15)10-11-24(30)31)32-14-16-6-8-19(17-4-2-3-5-17)21(12-16)25(26,27)28;/h2*6-9,12-13,17,29H,2-5,10-11,14H2,1H3,(H,30,31);/q;;+2/p-2. The molecule has 0 bridgehead atoms. The molecule has 0 radical (unpaired) electrons. The van der Waals surface area contributed by atoms with Crippen LogP contribution in [0.2, 0.25) is 0 Å². The van der Waals surface area contributed by atoms with Gasteiger partial charge in [0.15, 0.2) is 0 Å². The van der Waals surface area contributed by atoms with Crippen LogP contribution < -0.4 is 19.7 Å². The number of H-pyrrole nitrogens is 2. The Hall–Kier alpha value is -4.66. The number of hydrogen-bond acceptors (Lipinski definition) is 6. The van der Waals surface area contributed by atoms with Gasteiger partial charge >= 0.3 is 50.1 Å². The number of aliphatic carboxylic acids is 2. The minimum Gasteiger partial charge on any atom is -0.550 e. The van der Waals surface area contributed by atoms with Gasteiger partial charge in [-0.3, -0.25) is 0 Å². The Bertz CT molecular complexity index is 2440. The van der Waals surface area contributed by atoms with Crippen LogP contribution >= 0.6 is 0 Å². The molecule has 2 fully saturated rings. The zero-order valence-electron chi connectivity index (χ0n) is 36.4. The van der Waals surface area contributed by atoms with E-state index in [1.54, 1.807) is 36.4 Å². The van der Waals surface area contributed by atoms with Gasteiger partial charge in [0.25, 0.3) is 0 Å². The molecule has 0 amide bonds. The van der Waals surface area contributed by atoms with E-state index in [0.717, 1.165) is 95.7 Å². The summed E-state index contributed by atoms with van der Waals surface area (Å²) in [5, 5.41) is 23.3. The summed E-state index contributed by atoms with van der Waals surface area (Å²) in [5.74, 6) is -1.18. The molecule has 0 atom stereocenters. The molecule has 2 saturated carbocycles. The van der Waals surface area contributed by atoms with E-state index < -0.39 is 35.4 Å². The smallest absolute Gasteiger partial charge is 0.550 e. The van der Waals surface area contributed by atoms with Gasteiger partial charge in [-0.05, 0) is 159 Å². The van der Waals surface area contributed by atoms with E-state index in [4.69, 9.17) is 9.47 Å². The number of fused-ring (bicyclic) bond motifs is 2. The van der Waals surface area contributed by atoms with Crippen molar-refractivity contribution in [2.45, 2.75) is 128 Å². The van der Waals surface area contributed by atoms with E-state index in [1.807, 2.05) is 38.1 Å². The SMILES string of the molecule is Cc1c(CCC(=O)[O-])[nH]c2ccc(OCc3ccc(C4CCCC4)c(C(F)(F)F)c3)cc12.Cc1c(CCC(=O)[O-])[nH]c2ccc(OCc3ccc(C4CCCC4)c(C(F)(F)F)c3)cc12.[Ca+2]. The van der Waals surface area contributed by atoms with Gasteiger partial charge in [-0.15, -0.1) is 0 Å². The maximum Gasteiger partial charge on any atom is 2.00 e. The fourth-order valence-corrected chi connectivity index (χ4v) is 9.25. The molecule has 2 aromatic heterocycles. The minimum absolute atomic E-state index is 0. The van der Waals surface area contributed by atoms with E-state index in [2.05, 4.69) is 9.97 Å². The number of aromatic amines is 2. The number of alkyl halides is 6. The molecule has 2 N–H and O–H groups in total. The molecule has 340 valence electrons. The molecule has 65 heavy (non-hydrogen) atoms. The third-order valence-electron chi connectivity index (χ3n) is 12.7. The van der Waals surface area contributed by atoms with Crippen molar-refractivity contribution in [2.24, 2.45) is 0 Å². The van der Waals surface area contributed by atoms with Gasteiger partial charge in [-0.2, -0.15) is 26.3 Å². The van der Waals surface area contributed by atoms with Gasteiger partial charge in [0.2, 0.25) is 0 Å². The minimum atomic E-state index is -4.39. The zero-order chi connectivity index (χ0) is 45.8. The van der Waals surface area contributed by atoms with Crippen molar-refractivity contribution in [3.05, 3.63) is 129 Å². The maximum absolute atomic E-state index is 13.7. The first kappa shape index (κ1) is 49.8. The number of benzene rings is 4. The summed E-state index contributed by atoms with van der Waals surface area (Å²) in [6.07, 6.45) is -1.13. The summed E-state index contributed by atoms with van der Waals surface area (Å²) in [4.78, 5) is 27.9. The second-order valence-electron chi connectivity index (χ2n) is 17.0. The Morgan fingerprint density at radius 1 is 0.585 bits per heavy atom. The fourth-order valence-electron chi connectivity index (χ4n) is 9.25. The molecule has 6 aromatic rings. The van der Waals surface area contributed by atoms with E-state index in [0.29, 0.717) is 46.6 Å². The summed E-state index contributed by atoms with van der Waals surface area (Å²) < 4.78 is 93.8. The summed E-state index contributed by atoms with van der Waals surface area (Å²) >= 11 is 0. The van der Waals surface area contributed by atoms with Gasteiger partial charge in [0.1, 0.15) is 24.7 Å². The molecular weight excluding hydrogens is 879 g/mol. The van der Waals surface area contributed by atoms with Crippen LogP contribution in [0.1, 0.15) is 132 Å². The average Bonchev–Trinajstić information content (AvgIpc) is 4.09. The van der Waals surface area contributed by atoms with Gasteiger partial charge in [0, 0.05) is 45.1 Å². The van der Waals surface area contributed by atoms with Crippen LogP contribution in [0, 0.1) is 13.8 Å². The van der Waals surface area contributed by atoms with E-state index >= 15 is 0 Å². The average molecular weight is 929 g/mol. The largest absolute Gasteiger partial charge is 2.00 e. The molecule has 0 aliphatic heterocycles. The first-order chi connectivity index (χ1) is 30.4. The van der Waals surface area contributed by atoms with Crippen molar-refractivity contribution in [1.29, 1.82) is 0 Å². The fraction of sp³-hybridized carbons (Fsp3) is 0.400. The molecule has 2 aliphatic rings. The quantitative estimate of drug-likeness (QED) is 0.0826. The number of nitrogens with one attached hydrogen (secondary N) is 2. The molecule has 2 aliphatic carbocycles. The number of ether oxygens (including phenoxy) is 2. The van der Waals surface area contributed by atoms with Crippen molar-refractivity contribution in [1.82, 2.24) is 9.97 Å². The Kier molecular flexibility index (Phi) is 16.3. The molecule has 15 heteroatoms. The second-order valence-corrected chi connectivity index (χ2v) is 17.0. The van der Waals surface area contributed by atoms with Gasteiger partial charge < -0.3 is 39.2 Å². The number of halogens is 6. The third kappa shape index (κ3) is 12.4. The maximum atomic E-state index is 13.7. The van der Waals surface area contributed by atoms with Crippen molar-refractivity contribution in [2.75, 3.05) is 0 Å². The Labute approximate surface area is 403 Å². The number of aromatic nitrogens is 2. The molecule has 0 saturated heterocycles. The van der Waals surface area contributed by atoms with Gasteiger partial charge in [-0.25, -0.2) is 0 Å². The second kappa shape index (κ2) is 21.3. The van der Waals surface area contributed by atoms with E-state index in [-0.39, 0.29) is 75.6 Å². The Balaban J connectivity index is 0.000000212. The van der Waals surface area contributed by atoms with Gasteiger partial charge in [0.05, 0.1) is 11.1 Å². The Morgan fingerprint density at radius 3 is 1.29 bits per heavy atom. The van der Waals surface area contributed by atoms with E-state index in [9.17, 15) is 46.1 Å². The number of carboxylic acids is 2. The summed E-state index contributed by atoms with van der Waals surface area (Å²) in [7, 11) is 0. The monoisotopic (exact) mass is 928 g/mol. The van der Waals surface area contributed by atoms with Crippen LogP contribution in [0.25, 0.3) is 21.8 Å². The molecule has 2 heterocycles. The van der Waals surface area contributed by atoms with Crippen molar-refractivity contribution in [3.63, 3.8) is 0 Å². The normalized spacial score (nSPS) is 14.6. The number of carboxylic acid groups (broad SMARTS) is 2. The Morgan fingerprint density at radius 2 is 0.954 bits per heavy atom. The number of hydrogen-bond donors (Lipinski definition) is 2. The van der Waals surface area contributed by atoms with Crippen LogP contribution in [0.15, 0.2) is 72.8 Å². The summed E-state index contributed by atoms with van der Waals surface area (Å²) in [5.41, 5.74) is 5.81. The van der Waals surface area contributed by atoms with E-state index in [1.165, 1.54) is 12.1 Å². The van der Waals surface area contributed by atoms with Crippen LogP contribution in [0.3, 0.4) is 0 Å². The molecule has 8 rings (SSSR count). The van der Waals surface area contributed by atoms with Gasteiger partial charge in [-0.1, -0.05) is 49.9 Å². The first-order valence-corrected chi connectivity index (χ1v) is 21.7. The number of rotatable bonds is 14. The molecule has 8 nitrogen and oxygen atoms in total. The number of carbonyl (C=O) groups is 2. The van der Waals surface area contributed by atoms with Crippen LogP contribution in [0.5, 0.6) is 11.5 Å². The number of carbonyl (C=O) groups excluding carboxylic acids is 2. The van der Waals surface area contributed by atoms with Crippen molar-refractivity contribution < 1.29 is 55.6 Å². The predicted molar refractivity (Wildman–Crippen MR) is 232 cm³/mol. The van der Waals surface area contributed by atoms with Crippen LogP contribution in [-0.2, 0) is 48.0 Å². The predicted octanol–water partition coefficient (Wildman–Crippen LogP) is 10.4. The summed E-state index contributed by atoms with van der Waals surface area (Å²) in [6.45, 7) is 3.84. The molecule has 0 unspecified atom stereocenters. The number of aryl methyl sites for hydroxylation is 4. The molecule has 0 spiro atoms. The topological polar surface area (TPSA) is 130 Å². The van der Waals surface area contributed by atoms with Crippen molar-refractivity contribution >= 4 is 71.5 Å². The third-order valence-corrected chi connectivity index (χ3v) is 12.7. The molecule has 4 aromatic carbocycles.